The van der Waals surface area contributed by atoms with Gasteiger partial charge in [0.15, 0.2) is 0 Å². The minimum Gasteiger partial charge on any atom is -0.508 e. The fourth-order valence-electron chi connectivity index (χ4n) is 3.35. The highest BCUT2D eigenvalue weighted by Crippen LogP contribution is 2.29. The Morgan fingerprint density at radius 1 is 0.839 bits per heavy atom. The van der Waals surface area contributed by atoms with Gasteiger partial charge in [-0.05, 0) is 48.5 Å². The minimum absolute atomic E-state index is 0.162. The molecule has 0 saturated heterocycles. The number of para-hydroxylation sites is 1. The van der Waals surface area contributed by atoms with E-state index in [-0.39, 0.29) is 23.3 Å². The van der Waals surface area contributed by atoms with Gasteiger partial charge in [0.05, 0.1) is 17.1 Å². The molecule has 1 aliphatic heterocycles. The van der Waals surface area contributed by atoms with Crippen LogP contribution in [-0.2, 0) is 4.79 Å². The van der Waals surface area contributed by atoms with Crippen molar-refractivity contribution in [3.63, 3.8) is 0 Å². The lowest BCUT2D eigenvalue weighted by Gasteiger charge is -2.07. The van der Waals surface area contributed by atoms with E-state index in [1.54, 1.807) is 36.4 Å². The smallest absolute Gasteiger partial charge is 0.275 e. The minimum atomic E-state index is -0.298. The first-order valence-electron chi connectivity index (χ1n) is 9.51. The maximum Gasteiger partial charge on any atom is 0.275 e. The maximum absolute atomic E-state index is 12.5. The summed E-state index contributed by atoms with van der Waals surface area (Å²) in [5.74, 6) is 0.0284. The molecule has 5 rings (SSSR count). The van der Waals surface area contributed by atoms with E-state index in [0.29, 0.717) is 27.7 Å². The standard InChI is InChI=1S/C24H15ClN4O2/c25-16-9-5-14(6-10-16)20-13-21(15-7-11-17(30)12-8-15)28-24(27-20)29-22-18-3-1-2-4-19(18)26-23(22)31/h1-13,30H,(H,26,27,28,29,31). The molecule has 7 heteroatoms. The van der Waals surface area contributed by atoms with Crippen molar-refractivity contribution in [2.45, 2.75) is 0 Å². The zero-order valence-electron chi connectivity index (χ0n) is 16.1. The number of halogens is 1. The van der Waals surface area contributed by atoms with Crippen LogP contribution < -0.4 is 5.32 Å². The Kier molecular flexibility index (Phi) is 4.69. The van der Waals surface area contributed by atoms with E-state index in [2.05, 4.69) is 20.3 Å². The van der Waals surface area contributed by atoms with E-state index in [1.165, 1.54) is 0 Å². The third-order valence-corrected chi connectivity index (χ3v) is 5.13. The summed E-state index contributed by atoms with van der Waals surface area (Å²) in [5.41, 5.74) is 4.56. The fraction of sp³-hybridized carbons (Fsp3) is 0. The molecule has 1 amide bonds. The Labute approximate surface area is 182 Å². The Morgan fingerprint density at radius 3 is 2.13 bits per heavy atom. The van der Waals surface area contributed by atoms with E-state index in [9.17, 15) is 9.90 Å². The molecule has 31 heavy (non-hydrogen) atoms. The molecule has 0 aliphatic carbocycles. The third kappa shape index (κ3) is 3.76. The van der Waals surface area contributed by atoms with Crippen LogP contribution in [0, 0.1) is 0 Å². The largest absolute Gasteiger partial charge is 0.508 e. The molecule has 3 aromatic carbocycles. The number of hydrogen-bond acceptors (Lipinski definition) is 5. The van der Waals surface area contributed by atoms with E-state index in [4.69, 9.17) is 11.6 Å². The SMILES string of the molecule is O=C1Nc2ccccc2/C1=N/c1nc(-c2ccc(O)cc2)cc(-c2ccc(Cl)cc2)n1. The summed E-state index contributed by atoms with van der Waals surface area (Å²) >= 11 is 6.03. The van der Waals surface area contributed by atoms with Crippen LogP contribution in [-0.4, -0.2) is 26.7 Å². The number of benzene rings is 3. The predicted molar refractivity (Wildman–Crippen MR) is 121 cm³/mol. The van der Waals surface area contributed by atoms with Crippen molar-refractivity contribution in [1.29, 1.82) is 0 Å². The molecule has 0 radical (unpaired) electrons. The second-order valence-electron chi connectivity index (χ2n) is 6.95. The molecule has 0 saturated carbocycles. The first-order chi connectivity index (χ1) is 15.1. The maximum atomic E-state index is 12.5. The Balaban J connectivity index is 1.67. The van der Waals surface area contributed by atoms with Crippen molar-refractivity contribution in [3.05, 3.63) is 89.4 Å². The van der Waals surface area contributed by atoms with E-state index in [0.717, 1.165) is 11.1 Å². The summed E-state index contributed by atoms with van der Waals surface area (Å²) in [6.45, 7) is 0. The Morgan fingerprint density at radius 2 is 1.45 bits per heavy atom. The summed E-state index contributed by atoms with van der Waals surface area (Å²) in [6.07, 6.45) is 0. The molecule has 6 nitrogen and oxygen atoms in total. The average Bonchev–Trinajstić information content (AvgIpc) is 3.09. The molecule has 4 aromatic rings. The van der Waals surface area contributed by atoms with Crippen molar-refractivity contribution >= 4 is 34.9 Å². The molecule has 150 valence electrons. The summed E-state index contributed by atoms with van der Waals surface area (Å²) in [5, 5.41) is 13.0. The summed E-state index contributed by atoms with van der Waals surface area (Å²) in [4.78, 5) is 26.1. The van der Waals surface area contributed by atoms with Crippen LogP contribution in [0.5, 0.6) is 5.75 Å². The number of aliphatic imine (C=N–C) groups is 1. The monoisotopic (exact) mass is 426 g/mol. The van der Waals surface area contributed by atoms with E-state index >= 15 is 0 Å². The van der Waals surface area contributed by atoms with Crippen LogP contribution in [0.15, 0.2) is 83.9 Å². The van der Waals surface area contributed by atoms with Gasteiger partial charge in [0.1, 0.15) is 11.5 Å². The lowest BCUT2D eigenvalue weighted by Crippen LogP contribution is -2.14. The second kappa shape index (κ2) is 7.66. The number of rotatable bonds is 3. The summed E-state index contributed by atoms with van der Waals surface area (Å²) < 4.78 is 0. The second-order valence-corrected chi connectivity index (χ2v) is 7.39. The number of aromatic hydroxyl groups is 1. The zero-order valence-corrected chi connectivity index (χ0v) is 16.8. The van der Waals surface area contributed by atoms with Gasteiger partial charge in [0, 0.05) is 21.7 Å². The first-order valence-corrected chi connectivity index (χ1v) is 9.88. The number of hydrogen-bond donors (Lipinski definition) is 2. The Hall–Kier alpha value is -4.03. The lowest BCUT2D eigenvalue weighted by atomic mass is 10.1. The molecule has 0 bridgehead atoms. The molecule has 1 aromatic heterocycles. The van der Waals surface area contributed by atoms with Crippen LogP contribution in [0.2, 0.25) is 5.02 Å². The number of fused-ring (bicyclic) bond motifs is 1. The van der Waals surface area contributed by atoms with Crippen LogP contribution in [0.1, 0.15) is 5.56 Å². The van der Waals surface area contributed by atoms with Gasteiger partial charge in [-0.1, -0.05) is 41.9 Å². The molecule has 0 atom stereocenters. The number of aromatic nitrogens is 2. The lowest BCUT2D eigenvalue weighted by molar-refractivity contribution is -0.110. The first kappa shape index (κ1) is 19.0. The highest BCUT2D eigenvalue weighted by Gasteiger charge is 2.26. The number of nitrogens with one attached hydrogen (secondary N) is 1. The quantitative estimate of drug-likeness (QED) is 0.468. The molecular formula is C24H15ClN4O2. The van der Waals surface area contributed by atoms with Crippen LogP contribution in [0.25, 0.3) is 22.5 Å². The predicted octanol–water partition coefficient (Wildman–Crippen LogP) is 5.24. The van der Waals surface area contributed by atoms with Gasteiger partial charge in [-0.25, -0.2) is 15.0 Å². The highest BCUT2D eigenvalue weighted by molar-refractivity contribution is 6.54. The summed E-state index contributed by atoms with van der Waals surface area (Å²) in [6, 6.07) is 23.2. The summed E-state index contributed by atoms with van der Waals surface area (Å²) in [7, 11) is 0. The van der Waals surface area contributed by atoms with Gasteiger partial charge in [-0.15, -0.1) is 0 Å². The topological polar surface area (TPSA) is 87.5 Å². The van der Waals surface area contributed by atoms with Gasteiger partial charge >= 0.3 is 0 Å². The van der Waals surface area contributed by atoms with Gasteiger partial charge in [0.2, 0.25) is 0 Å². The molecule has 0 fully saturated rings. The van der Waals surface area contributed by atoms with Gasteiger partial charge in [0.25, 0.3) is 11.9 Å². The van der Waals surface area contributed by atoms with Crippen molar-refractivity contribution in [1.82, 2.24) is 9.97 Å². The van der Waals surface area contributed by atoms with Gasteiger partial charge < -0.3 is 10.4 Å². The molecule has 1 aliphatic rings. The molecular weight excluding hydrogens is 412 g/mol. The van der Waals surface area contributed by atoms with Gasteiger partial charge in [-0.3, -0.25) is 4.79 Å². The van der Waals surface area contributed by atoms with Crippen LogP contribution >= 0.6 is 11.6 Å². The van der Waals surface area contributed by atoms with Crippen LogP contribution in [0.3, 0.4) is 0 Å². The molecule has 0 spiro atoms. The van der Waals surface area contributed by atoms with Crippen molar-refractivity contribution in [2.75, 3.05) is 5.32 Å². The molecule has 0 unspecified atom stereocenters. The van der Waals surface area contributed by atoms with Gasteiger partial charge in [-0.2, -0.15) is 0 Å². The van der Waals surface area contributed by atoms with Crippen molar-refractivity contribution in [2.24, 2.45) is 4.99 Å². The number of phenolic OH excluding ortho intramolecular Hbond substituents is 1. The number of amides is 1. The van der Waals surface area contributed by atoms with Crippen LogP contribution in [0.4, 0.5) is 11.6 Å². The number of phenols is 1. The van der Waals surface area contributed by atoms with Crippen molar-refractivity contribution < 1.29 is 9.90 Å². The molecule has 2 N–H and O–H groups in total. The number of carbonyl (C=O) groups is 1. The average molecular weight is 427 g/mol. The highest BCUT2D eigenvalue weighted by atomic mass is 35.5. The number of anilines is 1. The number of nitrogens with zero attached hydrogens (tertiary/aromatic N) is 3. The number of carbonyl (C=O) groups excluding carboxylic acids is 1. The third-order valence-electron chi connectivity index (χ3n) is 4.87. The van der Waals surface area contributed by atoms with Crippen molar-refractivity contribution in [3.8, 4) is 28.3 Å². The zero-order chi connectivity index (χ0) is 21.4. The Bertz CT molecular complexity index is 1270. The van der Waals surface area contributed by atoms with E-state index < -0.39 is 0 Å². The van der Waals surface area contributed by atoms with E-state index in [1.807, 2.05) is 42.5 Å². The normalized spacial score (nSPS) is 13.8. The fourth-order valence-corrected chi connectivity index (χ4v) is 3.47. The molecule has 2 heterocycles.